The highest BCUT2D eigenvalue weighted by Crippen LogP contribution is 2.39. The lowest BCUT2D eigenvalue weighted by Crippen LogP contribution is -2.06. The van der Waals surface area contributed by atoms with Crippen LogP contribution in [0.15, 0.2) is 59.7 Å². The predicted molar refractivity (Wildman–Crippen MR) is 112 cm³/mol. The van der Waals surface area contributed by atoms with Crippen molar-refractivity contribution >= 4 is 5.78 Å². The van der Waals surface area contributed by atoms with E-state index in [-0.39, 0.29) is 28.6 Å². The minimum absolute atomic E-state index is 0.0668. The zero-order valence-corrected chi connectivity index (χ0v) is 17.0. The lowest BCUT2D eigenvalue weighted by molar-refractivity contribution is 0.103. The molecule has 0 spiro atoms. The molecule has 2 aromatic carbocycles. The van der Waals surface area contributed by atoms with E-state index in [4.69, 9.17) is 4.74 Å². The number of carbonyl (C=O) groups is 1. The Morgan fingerprint density at radius 3 is 2.36 bits per heavy atom. The number of methoxy groups -OCH3 is 1. The van der Waals surface area contributed by atoms with E-state index >= 15 is 0 Å². The molecule has 0 saturated heterocycles. The minimum atomic E-state index is -0.347. The number of allylic oxidation sites excluding steroid dienone is 4. The van der Waals surface area contributed by atoms with Gasteiger partial charge in [-0.15, -0.1) is 0 Å². The molecule has 4 nitrogen and oxygen atoms in total. The maximum absolute atomic E-state index is 12.9. The normalized spacial score (nSPS) is 11.2. The Morgan fingerprint density at radius 1 is 1.07 bits per heavy atom. The number of phenols is 2. The molecule has 0 atom stereocenters. The molecular formula is C24H28O4. The van der Waals surface area contributed by atoms with Crippen LogP contribution in [0.4, 0.5) is 0 Å². The lowest BCUT2D eigenvalue weighted by atomic mass is 9.96. The third kappa shape index (κ3) is 5.26. The smallest absolute Gasteiger partial charge is 0.200 e. The quantitative estimate of drug-likeness (QED) is 0.464. The van der Waals surface area contributed by atoms with Crippen molar-refractivity contribution in [1.29, 1.82) is 0 Å². The van der Waals surface area contributed by atoms with Gasteiger partial charge < -0.3 is 14.9 Å². The summed E-state index contributed by atoms with van der Waals surface area (Å²) in [6.07, 6.45) is 6.33. The van der Waals surface area contributed by atoms with Crippen LogP contribution >= 0.6 is 0 Å². The van der Waals surface area contributed by atoms with Gasteiger partial charge in [0.05, 0.1) is 7.11 Å². The average molecular weight is 380 g/mol. The lowest BCUT2D eigenvalue weighted by Gasteiger charge is -2.15. The molecule has 0 fully saturated rings. The molecule has 0 heterocycles. The van der Waals surface area contributed by atoms with Crippen molar-refractivity contribution in [2.45, 2.75) is 40.0 Å². The Kier molecular flexibility index (Phi) is 7.44. The molecular weight excluding hydrogens is 352 g/mol. The number of aromatic hydroxyl groups is 2. The first-order chi connectivity index (χ1) is 13.3. The van der Waals surface area contributed by atoms with E-state index in [1.807, 2.05) is 19.1 Å². The van der Waals surface area contributed by atoms with Crippen molar-refractivity contribution in [3.63, 3.8) is 0 Å². The van der Waals surface area contributed by atoms with Gasteiger partial charge in [0.25, 0.3) is 0 Å². The third-order valence-electron chi connectivity index (χ3n) is 4.57. The summed E-state index contributed by atoms with van der Waals surface area (Å²) in [6.45, 7) is 6.15. The van der Waals surface area contributed by atoms with Gasteiger partial charge in [0.2, 0.25) is 5.78 Å². The van der Waals surface area contributed by atoms with Crippen LogP contribution in [0.3, 0.4) is 0 Å². The molecule has 28 heavy (non-hydrogen) atoms. The van der Waals surface area contributed by atoms with Gasteiger partial charge in [-0.3, -0.25) is 4.79 Å². The van der Waals surface area contributed by atoms with Crippen LogP contribution in [0, 0.1) is 0 Å². The van der Waals surface area contributed by atoms with Gasteiger partial charge in [0.1, 0.15) is 22.8 Å². The fourth-order valence-corrected chi connectivity index (χ4v) is 2.95. The largest absolute Gasteiger partial charge is 0.507 e. The molecule has 0 radical (unpaired) electrons. The molecule has 0 saturated carbocycles. The molecule has 2 aromatic rings. The number of phenolic OH excluding ortho intramolecular Hbond substituents is 2. The molecule has 0 aliphatic heterocycles. The summed E-state index contributed by atoms with van der Waals surface area (Å²) in [7, 11) is 1.41. The number of ketones is 1. The Hall–Kier alpha value is -3.01. The second kappa shape index (κ2) is 9.79. The van der Waals surface area contributed by atoms with Crippen LogP contribution in [-0.4, -0.2) is 23.1 Å². The van der Waals surface area contributed by atoms with Crippen LogP contribution in [0.2, 0.25) is 0 Å². The van der Waals surface area contributed by atoms with E-state index in [9.17, 15) is 15.0 Å². The van der Waals surface area contributed by atoms with E-state index in [0.717, 1.165) is 18.4 Å². The highest BCUT2D eigenvalue weighted by molar-refractivity contribution is 6.12. The molecule has 0 unspecified atom stereocenters. The molecule has 4 heteroatoms. The minimum Gasteiger partial charge on any atom is -0.507 e. The molecule has 0 aliphatic rings. The van der Waals surface area contributed by atoms with Gasteiger partial charge in [-0.1, -0.05) is 53.6 Å². The molecule has 0 bridgehead atoms. The molecule has 0 amide bonds. The van der Waals surface area contributed by atoms with Crippen molar-refractivity contribution in [2.75, 3.05) is 7.11 Å². The molecule has 2 N–H and O–H groups in total. The van der Waals surface area contributed by atoms with E-state index < -0.39 is 0 Å². The van der Waals surface area contributed by atoms with Gasteiger partial charge in [-0.25, -0.2) is 0 Å². The number of hydrogen-bond donors (Lipinski definition) is 2. The summed E-state index contributed by atoms with van der Waals surface area (Å²) >= 11 is 0. The van der Waals surface area contributed by atoms with Crippen molar-refractivity contribution in [3.05, 3.63) is 76.4 Å². The van der Waals surface area contributed by atoms with E-state index in [2.05, 4.69) is 19.9 Å². The van der Waals surface area contributed by atoms with Crippen LogP contribution in [0.1, 0.15) is 55.1 Å². The van der Waals surface area contributed by atoms with Crippen molar-refractivity contribution in [2.24, 2.45) is 0 Å². The van der Waals surface area contributed by atoms with Crippen LogP contribution in [0.25, 0.3) is 0 Å². The van der Waals surface area contributed by atoms with E-state index in [1.165, 1.54) is 18.7 Å². The fourth-order valence-electron chi connectivity index (χ4n) is 2.95. The van der Waals surface area contributed by atoms with Gasteiger partial charge in [-0.2, -0.15) is 0 Å². The molecule has 2 rings (SSSR count). The predicted octanol–water partition coefficient (Wildman–Crippen LogP) is 5.57. The molecule has 0 aromatic heterocycles. The van der Waals surface area contributed by atoms with Crippen LogP contribution in [-0.2, 0) is 6.42 Å². The Balaban J connectivity index is 2.36. The summed E-state index contributed by atoms with van der Waals surface area (Å²) in [5, 5.41) is 21.1. The fraction of sp³-hybridized carbons (Fsp3) is 0.292. The second-order valence-electron chi connectivity index (χ2n) is 7.07. The van der Waals surface area contributed by atoms with Crippen molar-refractivity contribution < 1.29 is 19.7 Å². The SMILES string of the molecule is COc1cc(O)c(CC=C(C)CCC=C(C)C)c(O)c1C(=O)c1ccccc1. The first-order valence-corrected chi connectivity index (χ1v) is 9.35. The number of hydrogen-bond acceptors (Lipinski definition) is 4. The summed E-state index contributed by atoms with van der Waals surface area (Å²) in [4.78, 5) is 12.9. The molecule has 148 valence electrons. The zero-order valence-electron chi connectivity index (χ0n) is 17.0. The second-order valence-corrected chi connectivity index (χ2v) is 7.07. The summed E-state index contributed by atoms with van der Waals surface area (Å²) in [5.41, 5.74) is 3.27. The standard InChI is InChI=1S/C24H28O4/c1-16(2)9-8-10-17(3)13-14-19-20(25)15-21(28-4)22(24(19)27)23(26)18-11-6-5-7-12-18/h5-7,9,11-13,15,25,27H,8,10,14H2,1-4H3. The highest BCUT2D eigenvalue weighted by atomic mass is 16.5. The first kappa shape index (κ1) is 21.3. The monoisotopic (exact) mass is 380 g/mol. The maximum atomic E-state index is 12.9. The summed E-state index contributed by atoms with van der Waals surface area (Å²) in [5.74, 6) is -0.524. The van der Waals surface area contributed by atoms with Gasteiger partial charge in [0, 0.05) is 17.2 Å². The number of benzene rings is 2. The Morgan fingerprint density at radius 2 is 1.75 bits per heavy atom. The Labute approximate surface area is 166 Å². The van der Waals surface area contributed by atoms with E-state index in [0.29, 0.717) is 17.5 Å². The van der Waals surface area contributed by atoms with Crippen LogP contribution < -0.4 is 4.74 Å². The zero-order chi connectivity index (χ0) is 20.7. The number of ether oxygens (including phenoxy) is 1. The van der Waals surface area contributed by atoms with Crippen LogP contribution in [0.5, 0.6) is 17.2 Å². The van der Waals surface area contributed by atoms with E-state index in [1.54, 1.807) is 24.3 Å². The Bertz CT molecular complexity index is 889. The van der Waals surface area contributed by atoms with Gasteiger partial charge >= 0.3 is 0 Å². The first-order valence-electron chi connectivity index (χ1n) is 9.35. The third-order valence-corrected chi connectivity index (χ3v) is 4.57. The summed E-state index contributed by atoms with van der Waals surface area (Å²) in [6, 6.07) is 10.1. The van der Waals surface area contributed by atoms with Crippen molar-refractivity contribution in [3.8, 4) is 17.2 Å². The maximum Gasteiger partial charge on any atom is 0.200 e. The van der Waals surface area contributed by atoms with Crippen molar-refractivity contribution in [1.82, 2.24) is 0 Å². The topological polar surface area (TPSA) is 66.8 Å². The summed E-state index contributed by atoms with van der Waals surface area (Å²) < 4.78 is 5.24. The van der Waals surface area contributed by atoms with Gasteiger partial charge in [-0.05, 0) is 40.0 Å². The average Bonchev–Trinajstić information content (AvgIpc) is 2.67. The number of carbonyl (C=O) groups excluding carboxylic acids is 1. The number of rotatable bonds is 8. The van der Waals surface area contributed by atoms with Gasteiger partial charge in [0.15, 0.2) is 0 Å². The molecule has 0 aliphatic carbocycles. The highest BCUT2D eigenvalue weighted by Gasteiger charge is 2.24.